The Hall–Kier alpha value is -0.0200. The zero-order valence-electron chi connectivity index (χ0n) is 6.88. The van der Waals surface area contributed by atoms with E-state index < -0.39 is 5.69 Å². The lowest BCUT2D eigenvalue weighted by molar-refractivity contribution is 0.357. The smallest absolute Gasteiger partial charge is 0.297 e. The molecule has 0 radical (unpaired) electrons. The van der Waals surface area contributed by atoms with Crippen LogP contribution in [0.3, 0.4) is 0 Å². The van der Waals surface area contributed by atoms with Gasteiger partial charge in [-0.3, -0.25) is 0 Å². The monoisotopic (exact) mass is 232 g/mol. The van der Waals surface area contributed by atoms with Crippen molar-refractivity contribution >= 4 is 28.9 Å². The van der Waals surface area contributed by atoms with E-state index >= 15 is 0 Å². The average molecular weight is 232 g/mol. The third-order valence-electron chi connectivity index (χ3n) is 1.54. The summed E-state index contributed by atoms with van der Waals surface area (Å²) in [5, 5.41) is 0. The van der Waals surface area contributed by atoms with Crippen LogP contribution in [-0.2, 0) is 16.3 Å². The molecule has 0 aromatic heterocycles. The second kappa shape index (κ2) is 4.01. The molecule has 1 aromatic rings. The van der Waals surface area contributed by atoms with Gasteiger partial charge < -0.3 is 9.05 Å². The zero-order valence-corrected chi connectivity index (χ0v) is 9.41. The van der Waals surface area contributed by atoms with E-state index in [0.29, 0.717) is 0 Å². The Morgan fingerprint density at radius 3 is 2.77 bits per heavy atom. The maximum absolute atomic E-state index is 5.63. The Kier molecular flexibility index (Phi) is 2.94. The van der Waals surface area contributed by atoms with Crippen LogP contribution in [0.15, 0.2) is 30.3 Å². The van der Waals surface area contributed by atoms with E-state index in [4.69, 9.17) is 20.9 Å². The first-order valence-corrected chi connectivity index (χ1v) is 8.15. The highest BCUT2D eigenvalue weighted by atomic mass is 32.9. The first-order valence-electron chi connectivity index (χ1n) is 3.92. The standard InChI is InChI=1S/C8H9O2PS2/c12-11(9-6-7-13-11)10-8-4-2-1-3-5-8/h1-5H,6-7H2. The molecule has 1 saturated heterocycles. The first-order chi connectivity index (χ1) is 6.29. The molecule has 13 heavy (non-hydrogen) atoms. The highest BCUT2D eigenvalue weighted by Crippen LogP contribution is 2.63. The maximum atomic E-state index is 5.63. The molecule has 5 heteroatoms. The Morgan fingerprint density at radius 2 is 2.15 bits per heavy atom. The van der Waals surface area contributed by atoms with Crippen LogP contribution in [0.1, 0.15) is 0 Å². The maximum Gasteiger partial charge on any atom is 0.297 e. The summed E-state index contributed by atoms with van der Waals surface area (Å²) in [4.78, 5) is 0. The molecule has 0 amide bonds. The largest absolute Gasteiger partial charge is 0.436 e. The second-order valence-corrected chi connectivity index (χ2v) is 8.87. The van der Waals surface area contributed by atoms with Crippen molar-refractivity contribution < 1.29 is 9.05 Å². The van der Waals surface area contributed by atoms with Gasteiger partial charge in [-0.25, -0.2) is 0 Å². The summed E-state index contributed by atoms with van der Waals surface area (Å²) in [5.41, 5.74) is -2.04. The summed E-state index contributed by atoms with van der Waals surface area (Å²) in [6.45, 7) is 0.717. The molecule has 0 spiro atoms. The van der Waals surface area contributed by atoms with Crippen LogP contribution in [0.2, 0.25) is 0 Å². The van der Waals surface area contributed by atoms with Crippen LogP contribution >= 0.6 is 17.1 Å². The van der Waals surface area contributed by atoms with E-state index in [2.05, 4.69) is 0 Å². The lowest BCUT2D eigenvalue weighted by atomic mass is 10.3. The molecule has 1 heterocycles. The number of hydrogen-bond donors (Lipinski definition) is 0. The van der Waals surface area contributed by atoms with Crippen LogP contribution in [0, 0.1) is 0 Å². The Labute approximate surface area is 86.5 Å². The first kappa shape index (κ1) is 9.53. The van der Waals surface area contributed by atoms with Gasteiger partial charge in [-0.15, -0.1) is 0 Å². The summed E-state index contributed by atoms with van der Waals surface area (Å²) in [5.74, 6) is 1.75. The van der Waals surface area contributed by atoms with Crippen LogP contribution in [0.4, 0.5) is 0 Å². The van der Waals surface area contributed by atoms with Gasteiger partial charge in [0.05, 0.1) is 6.61 Å². The topological polar surface area (TPSA) is 18.5 Å². The summed E-state index contributed by atoms with van der Waals surface area (Å²) in [6.07, 6.45) is 0. The van der Waals surface area contributed by atoms with Crippen molar-refractivity contribution in [3.63, 3.8) is 0 Å². The predicted octanol–water partition coefficient (Wildman–Crippen LogP) is 3.05. The predicted molar refractivity (Wildman–Crippen MR) is 59.8 cm³/mol. The second-order valence-electron chi connectivity index (χ2n) is 2.52. The highest BCUT2D eigenvalue weighted by Gasteiger charge is 2.26. The molecule has 0 aliphatic carbocycles. The van der Waals surface area contributed by atoms with Crippen LogP contribution in [-0.4, -0.2) is 12.4 Å². The van der Waals surface area contributed by atoms with E-state index in [1.165, 1.54) is 0 Å². The van der Waals surface area contributed by atoms with E-state index in [1.807, 2.05) is 30.3 Å². The molecule has 1 aliphatic rings. The molecule has 0 saturated carbocycles. The third kappa shape index (κ3) is 2.47. The van der Waals surface area contributed by atoms with Gasteiger partial charge >= 0.3 is 0 Å². The molecule has 2 nitrogen and oxygen atoms in total. The molecular weight excluding hydrogens is 223 g/mol. The fraction of sp³-hybridized carbons (Fsp3) is 0.250. The van der Waals surface area contributed by atoms with Crippen molar-refractivity contribution in [2.45, 2.75) is 0 Å². The molecule has 1 aromatic carbocycles. The van der Waals surface area contributed by atoms with Crippen LogP contribution in [0.5, 0.6) is 5.75 Å². The van der Waals surface area contributed by atoms with Gasteiger partial charge in [0.2, 0.25) is 0 Å². The minimum absolute atomic E-state index is 0.717. The Morgan fingerprint density at radius 1 is 1.38 bits per heavy atom. The van der Waals surface area contributed by atoms with Crippen molar-refractivity contribution in [1.29, 1.82) is 0 Å². The fourth-order valence-electron chi connectivity index (χ4n) is 0.999. The molecule has 1 fully saturated rings. The van der Waals surface area contributed by atoms with E-state index in [-0.39, 0.29) is 0 Å². The van der Waals surface area contributed by atoms with Crippen molar-refractivity contribution in [2.75, 3.05) is 12.4 Å². The van der Waals surface area contributed by atoms with Gasteiger partial charge in [-0.1, -0.05) is 29.6 Å². The Bertz CT molecular complexity index is 318. The summed E-state index contributed by atoms with van der Waals surface area (Å²) < 4.78 is 11.0. The minimum Gasteiger partial charge on any atom is -0.436 e. The van der Waals surface area contributed by atoms with Gasteiger partial charge in [-0.2, -0.15) is 0 Å². The number of hydrogen-bond acceptors (Lipinski definition) is 4. The van der Waals surface area contributed by atoms with E-state index in [9.17, 15) is 0 Å². The quantitative estimate of drug-likeness (QED) is 0.729. The number of para-hydroxylation sites is 1. The fourth-order valence-corrected chi connectivity index (χ4v) is 5.29. The van der Waals surface area contributed by atoms with Gasteiger partial charge in [0.15, 0.2) is 0 Å². The third-order valence-corrected chi connectivity index (χ3v) is 6.67. The number of benzene rings is 1. The normalized spacial score (nSPS) is 27.4. The zero-order chi connectivity index (χ0) is 9.15. The molecule has 1 unspecified atom stereocenters. The molecule has 2 rings (SSSR count). The van der Waals surface area contributed by atoms with Gasteiger partial charge in [0.1, 0.15) is 5.75 Å². The SMILES string of the molecule is S=P1(Oc2ccccc2)OCCS1. The Balaban J connectivity index is 2.10. The van der Waals surface area contributed by atoms with Crippen LogP contribution < -0.4 is 4.52 Å². The van der Waals surface area contributed by atoms with E-state index in [1.54, 1.807) is 11.4 Å². The molecular formula is C8H9O2PS2. The van der Waals surface area contributed by atoms with Crippen molar-refractivity contribution in [3.8, 4) is 5.75 Å². The minimum atomic E-state index is -2.04. The van der Waals surface area contributed by atoms with Crippen molar-refractivity contribution in [2.24, 2.45) is 0 Å². The lowest BCUT2D eigenvalue weighted by Gasteiger charge is -2.14. The van der Waals surface area contributed by atoms with Crippen molar-refractivity contribution in [1.82, 2.24) is 0 Å². The molecule has 0 N–H and O–H groups in total. The lowest BCUT2D eigenvalue weighted by Crippen LogP contribution is -1.88. The van der Waals surface area contributed by atoms with Gasteiger partial charge in [-0.05, 0) is 23.9 Å². The molecule has 1 atom stereocenters. The van der Waals surface area contributed by atoms with Crippen molar-refractivity contribution in [3.05, 3.63) is 30.3 Å². The summed E-state index contributed by atoms with van der Waals surface area (Å²) >= 11 is 6.90. The van der Waals surface area contributed by atoms with Crippen LogP contribution in [0.25, 0.3) is 0 Å². The number of rotatable bonds is 2. The van der Waals surface area contributed by atoms with Gasteiger partial charge in [0.25, 0.3) is 5.69 Å². The average Bonchev–Trinajstić information content (AvgIpc) is 2.54. The molecule has 0 bridgehead atoms. The summed E-state index contributed by atoms with van der Waals surface area (Å²) in [7, 11) is 0. The molecule has 1 aliphatic heterocycles. The summed E-state index contributed by atoms with van der Waals surface area (Å²) in [6, 6.07) is 9.60. The molecule has 70 valence electrons. The highest BCUT2D eigenvalue weighted by molar-refractivity contribution is 8.68. The van der Waals surface area contributed by atoms with E-state index in [0.717, 1.165) is 18.1 Å². The van der Waals surface area contributed by atoms with Gasteiger partial charge in [0, 0.05) is 5.75 Å².